The van der Waals surface area contributed by atoms with Crippen LogP contribution < -0.4 is 4.90 Å². The first-order valence-corrected chi connectivity index (χ1v) is 14.2. The highest BCUT2D eigenvalue weighted by Gasteiger charge is 2.39. The van der Waals surface area contributed by atoms with Crippen molar-refractivity contribution >= 4 is 11.4 Å². The summed E-state index contributed by atoms with van der Waals surface area (Å²) in [6.07, 6.45) is 5.23. The molecule has 4 aromatic rings. The molecule has 0 bridgehead atoms. The Kier molecular flexibility index (Phi) is 5.15. The lowest BCUT2D eigenvalue weighted by atomic mass is 9.81. The van der Waals surface area contributed by atoms with E-state index in [4.69, 9.17) is 0 Å². The van der Waals surface area contributed by atoms with Crippen LogP contribution in [0.5, 0.6) is 0 Å². The number of anilines is 2. The largest absolute Gasteiger partial charge is 0.338 e. The average Bonchev–Trinajstić information content (AvgIpc) is 3.83. The van der Waals surface area contributed by atoms with Crippen LogP contribution in [-0.4, -0.2) is 6.04 Å². The van der Waals surface area contributed by atoms with Gasteiger partial charge in [0.15, 0.2) is 0 Å². The summed E-state index contributed by atoms with van der Waals surface area (Å²) >= 11 is 0. The van der Waals surface area contributed by atoms with Gasteiger partial charge in [-0.15, -0.1) is 0 Å². The third-order valence-corrected chi connectivity index (χ3v) is 8.94. The van der Waals surface area contributed by atoms with Gasteiger partial charge in [-0.25, -0.2) is 0 Å². The van der Waals surface area contributed by atoms with Crippen LogP contribution in [0.15, 0.2) is 84.9 Å². The molecule has 0 aliphatic heterocycles. The van der Waals surface area contributed by atoms with Gasteiger partial charge in [-0.05, 0) is 120 Å². The number of rotatable bonds is 6. The monoisotopic (exact) mass is 483 g/mol. The Hall–Kier alpha value is -3.32. The van der Waals surface area contributed by atoms with E-state index in [0.717, 1.165) is 0 Å². The van der Waals surface area contributed by atoms with E-state index in [-0.39, 0.29) is 5.41 Å². The molecule has 0 saturated heterocycles. The van der Waals surface area contributed by atoms with Crippen molar-refractivity contribution in [2.45, 2.75) is 76.7 Å². The second kappa shape index (κ2) is 8.35. The van der Waals surface area contributed by atoms with E-state index < -0.39 is 0 Å². The van der Waals surface area contributed by atoms with Crippen LogP contribution in [0.25, 0.3) is 22.3 Å². The molecule has 0 radical (unpaired) electrons. The van der Waals surface area contributed by atoms with Crippen molar-refractivity contribution in [3.63, 3.8) is 0 Å². The number of hydrogen-bond donors (Lipinski definition) is 0. The molecular formula is C36H37N. The summed E-state index contributed by atoms with van der Waals surface area (Å²) in [5.41, 5.74) is 14.4. The topological polar surface area (TPSA) is 3.24 Å². The second-order valence-electron chi connectivity index (χ2n) is 12.3. The Morgan fingerprint density at radius 1 is 0.622 bits per heavy atom. The molecule has 0 atom stereocenters. The minimum Gasteiger partial charge on any atom is -0.338 e. The quantitative estimate of drug-likeness (QED) is 0.264. The molecule has 37 heavy (non-hydrogen) atoms. The number of nitrogens with zero attached hydrogens (tertiary/aromatic N) is 1. The smallest absolute Gasteiger partial charge is 0.0452 e. The number of hydrogen-bond acceptors (Lipinski definition) is 1. The molecule has 0 spiro atoms. The minimum absolute atomic E-state index is 0.0158. The molecule has 0 amide bonds. The molecule has 2 saturated carbocycles. The molecule has 3 aliphatic rings. The fraction of sp³-hybridized carbons (Fsp3) is 0.333. The van der Waals surface area contributed by atoms with Crippen molar-refractivity contribution in [3.8, 4) is 22.3 Å². The molecule has 7 rings (SSSR count). The SMILES string of the molecule is CC(C)N(c1ccc(-c2ccccc2)cc1C1CC1)c1cc2c(cc1C1CC1)-c1ccccc1C2(C)C. The van der Waals surface area contributed by atoms with Crippen molar-refractivity contribution in [3.05, 3.63) is 107 Å². The molecule has 0 heterocycles. The summed E-state index contributed by atoms with van der Waals surface area (Å²) in [4.78, 5) is 2.68. The average molecular weight is 484 g/mol. The predicted molar refractivity (Wildman–Crippen MR) is 157 cm³/mol. The first-order valence-electron chi connectivity index (χ1n) is 14.2. The molecule has 0 N–H and O–H groups in total. The maximum absolute atomic E-state index is 2.68. The second-order valence-corrected chi connectivity index (χ2v) is 12.3. The normalized spacial score (nSPS) is 17.5. The van der Waals surface area contributed by atoms with E-state index in [1.807, 2.05) is 0 Å². The zero-order chi connectivity index (χ0) is 25.3. The standard InChI is InChI=1S/C36H37N/c1-23(2)37(34-19-18-27(20-29(34)25-14-15-25)24-10-6-5-7-11-24)35-22-33-31(21-30(35)26-16-17-26)28-12-8-9-13-32(28)36(33,3)4/h5-13,18-23,25-26H,14-17H2,1-4H3. The highest BCUT2D eigenvalue weighted by atomic mass is 15.2. The highest BCUT2D eigenvalue weighted by molar-refractivity contribution is 5.86. The Balaban J connectivity index is 1.41. The van der Waals surface area contributed by atoms with Gasteiger partial charge in [-0.1, -0.05) is 74.5 Å². The highest BCUT2D eigenvalue weighted by Crippen LogP contribution is 2.56. The lowest BCUT2D eigenvalue weighted by Gasteiger charge is -2.35. The first kappa shape index (κ1) is 22.8. The van der Waals surface area contributed by atoms with E-state index in [1.165, 1.54) is 76.0 Å². The van der Waals surface area contributed by atoms with E-state index in [2.05, 4.69) is 118 Å². The molecule has 3 aliphatic carbocycles. The zero-order valence-corrected chi connectivity index (χ0v) is 22.6. The van der Waals surface area contributed by atoms with Crippen LogP contribution in [0.2, 0.25) is 0 Å². The molecule has 4 aromatic carbocycles. The summed E-state index contributed by atoms with van der Waals surface area (Å²) < 4.78 is 0. The zero-order valence-electron chi connectivity index (χ0n) is 22.6. The summed E-state index contributed by atoms with van der Waals surface area (Å²) in [6, 6.07) is 32.7. The van der Waals surface area contributed by atoms with Crippen LogP contribution in [0.3, 0.4) is 0 Å². The molecule has 186 valence electrons. The summed E-state index contributed by atoms with van der Waals surface area (Å²) in [6.45, 7) is 9.54. The van der Waals surface area contributed by atoms with Crippen LogP contribution in [-0.2, 0) is 5.41 Å². The third-order valence-electron chi connectivity index (χ3n) is 8.94. The van der Waals surface area contributed by atoms with E-state index >= 15 is 0 Å². The van der Waals surface area contributed by atoms with Crippen LogP contribution in [0.1, 0.15) is 87.5 Å². The first-order chi connectivity index (χ1) is 17.9. The fourth-order valence-corrected chi connectivity index (χ4v) is 6.67. The van der Waals surface area contributed by atoms with Gasteiger partial charge < -0.3 is 4.90 Å². The fourth-order valence-electron chi connectivity index (χ4n) is 6.67. The molecule has 1 nitrogen and oxygen atoms in total. The van der Waals surface area contributed by atoms with Gasteiger partial charge in [0, 0.05) is 22.8 Å². The van der Waals surface area contributed by atoms with Gasteiger partial charge in [-0.2, -0.15) is 0 Å². The van der Waals surface area contributed by atoms with Crippen molar-refractivity contribution in [2.24, 2.45) is 0 Å². The Morgan fingerprint density at radius 2 is 1.27 bits per heavy atom. The van der Waals surface area contributed by atoms with Gasteiger partial charge in [0.1, 0.15) is 0 Å². The van der Waals surface area contributed by atoms with Crippen LogP contribution in [0, 0.1) is 0 Å². The maximum Gasteiger partial charge on any atom is 0.0452 e. The van der Waals surface area contributed by atoms with Crippen molar-refractivity contribution in [2.75, 3.05) is 4.90 Å². The Bertz CT molecular complexity index is 1480. The molecule has 0 unspecified atom stereocenters. The minimum atomic E-state index is 0.0158. The van der Waals surface area contributed by atoms with Crippen LogP contribution >= 0.6 is 0 Å². The van der Waals surface area contributed by atoms with Crippen LogP contribution in [0.4, 0.5) is 11.4 Å². The van der Waals surface area contributed by atoms with E-state index in [1.54, 1.807) is 5.56 Å². The number of fused-ring (bicyclic) bond motifs is 3. The van der Waals surface area contributed by atoms with Crippen molar-refractivity contribution in [1.29, 1.82) is 0 Å². The summed E-state index contributed by atoms with van der Waals surface area (Å²) in [5, 5.41) is 0. The Labute approximate surface area is 222 Å². The van der Waals surface area contributed by atoms with Gasteiger partial charge in [-0.3, -0.25) is 0 Å². The summed E-state index contributed by atoms with van der Waals surface area (Å²) in [7, 11) is 0. The summed E-state index contributed by atoms with van der Waals surface area (Å²) in [5.74, 6) is 1.37. The van der Waals surface area contributed by atoms with E-state index in [0.29, 0.717) is 17.9 Å². The van der Waals surface area contributed by atoms with Gasteiger partial charge in [0.2, 0.25) is 0 Å². The molecule has 1 heteroatoms. The van der Waals surface area contributed by atoms with Crippen molar-refractivity contribution in [1.82, 2.24) is 0 Å². The predicted octanol–water partition coefficient (Wildman–Crippen LogP) is 9.96. The van der Waals surface area contributed by atoms with Gasteiger partial charge >= 0.3 is 0 Å². The van der Waals surface area contributed by atoms with Crippen molar-refractivity contribution < 1.29 is 0 Å². The van der Waals surface area contributed by atoms with Gasteiger partial charge in [0.25, 0.3) is 0 Å². The Morgan fingerprint density at radius 3 is 1.95 bits per heavy atom. The lowest BCUT2D eigenvalue weighted by molar-refractivity contribution is 0.659. The third kappa shape index (κ3) is 3.74. The van der Waals surface area contributed by atoms with Gasteiger partial charge in [0.05, 0.1) is 0 Å². The lowest BCUT2D eigenvalue weighted by Crippen LogP contribution is -2.28. The maximum atomic E-state index is 2.68. The number of benzene rings is 4. The van der Waals surface area contributed by atoms with E-state index in [9.17, 15) is 0 Å². The molecular weight excluding hydrogens is 446 g/mol. The molecule has 2 fully saturated rings. The molecule has 0 aromatic heterocycles.